The van der Waals surface area contributed by atoms with Gasteiger partial charge in [0.15, 0.2) is 0 Å². The van der Waals surface area contributed by atoms with E-state index in [1.54, 1.807) is 0 Å². The predicted octanol–water partition coefficient (Wildman–Crippen LogP) is 4.69. The summed E-state index contributed by atoms with van der Waals surface area (Å²) in [6.07, 6.45) is 0.423. The number of imidazole rings is 1. The van der Waals surface area contributed by atoms with Crippen LogP contribution < -0.4 is 0 Å². The minimum atomic E-state index is -0.0277. The number of carbonyl (C=O) groups excluding carboxylic acids is 2. The minimum absolute atomic E-state index is 0.0277. The molecule has 0 unspecified atom stereocenters. The van der Waals surface area contributed by atoms with Crippen molar-refractivity contribution >= 4 is 22.8 Å². The number of likely N-dealkylation sites (tertiary alicyclic amines) is 1. The largest absolute Gasteiger partial charge is 0.341 e. The zero-order valence-electron chi connectivity index (χ0n) is 20.8. The number of benzene rings is 2. The van der Waals surface area contributed by atoms with E-state index in [0.717, 1.165) is 35.5 Å². The summed E-state index contributed by atoms with van der Waals surface area (Å²) in [6.45, 7) is 11.5. The minimum Gasteiger partial charge on any atom is -0.341 e. The summed E-state index contributed by atoms with van der Waals surface area (Å²) in [4.78, 5) is 35.1. The third-order valence-corrected chi connectivity index (χ3v) is 6.30. The van der Waals surface area contributed by atoms with Gasteiger partial charge in [0.05, 0.1) is 11.0 Å². The Morgan fingerprint density at radius 3 is 2.32 bits per heavy atom. The summed E-state index contributed by atoms with van der Waals surface area (Å²) in [5.74, 6) is 1.87. The van der Waals surface area contributed by atoms with Gasteiger partial charge >= 0.3 is 0 Å². The van der Waals surface area contributed by atoms with Gasteiger partial charge in [-0.15, -0.1) is 0 Å². The van der Waals surface area contributed by atoms with E-state index >= 15 is 0 Å². The van der Waals surface area contributed by atoms with Crippen LogP contribution in [0.2, 0.25) is 0 Å². The highest BCUT2D eigenvalue weighted by Gasteiger charge is 2.34. The maximum Gasteiger partial charge on any atom is 0.242 e. The molecule has 1 atom stereocenters. The summed E-state index contributed by atoms with van der Waals surface area (Å²) < 4.78 is 2.05. The lowest BCUT2D eigenvalue weighted by molar-refractivity contribution is -0.133. The van der Waals surface area contributed by atoms with Gasteiger partial charge in [-0.1, -0.05) is 70.2 Å². The second-order valence-corrected chi connectivity index (χ2v) is 10.3. The maximum absolute atomic E-state index is 13.5. The number of hydrogen-bond donors (Lipinski definition) is 0. The van der Waals surface area contributed by atoms with Crippen molar-refractivity contribution in [3.05, 3.63) is 66.0 Å². The molecule has 0 bridgehead atoms. The Labute approximate surface area is 202 Å². The number of hydrogen-bond acceptors (Lipinski definition) is 3. The van der Waals surface area contributed by atoms with Gasteiger partial charge in [0.2, 0.25) is 11.8 Å². The first-order valence-corrected chi connectivity index (χ1v) is 12.4. The van der Waals surface area contributed by atoms with Crippen LogP contribution in [0.4, 0.5) is 0 Å². The summed E-state index contributed by atoms with van der Waals surface area (Å²) in [6, 6.07) is 18.0. The Hall–Kier alpha value is -3.15. The monoisotopic (exact) mass is 460 g/mol. The topological polar surface area (TPSA) is 58.4 Å². The molecule has 0 aliphatic carbocycles. The lowest BCUT2D eigenvalue weighted by atomic mass is 10.1. The Morgan fingerprint density at radius 1 is 1.00 bits per heavy atom. The van der Waals surface area contributed by atoms with E-state index in [1.807, 2.05) is 64.4 Å². The van der Waals surface area contributed by atoms with E-state index in [2.05, 4.69) is 32.3 Å². The normalized spacial score (nSPS) is 16.2. The molecule has 1 aromatic heterocycles. The number of nitrogens with zero attached hydrogens (tertiary/aromatic N) is 4. The number of fused-ring (bicyclic) bond motifs is 1. The molecular formula is C28H36N4O2. The molecule has 1 aliphatic rings. The highest BCUT2D eigenvalue weighted by molar-refractivity contribution is 5.83. The SMILES string of the molecule is CC(C)CN(CC(C)C)C(=O)Cn1c([C@@H]2CC(=O)N(Cc3ccccc3)C2)nc2ccccc21. The molecule has 1 saturated heterocycles. The van der Waals surface area contributed by atoms with Crippen LogP contribution in [-0.4, -0.2) is 50.8 Å². The van der Waals surface area contributed by atoms with Crippen molar-refractivity contribution in [2.75, 3.05) is 19.6 Å². The van der Waals surface area contributed by atoms with Crippen molar-refractivity contribution in [2.45, 2.75) is 53.1 Å². The Bertz CT molecular complexity index is 1130. The molecule has 0 N–H and O–H groups in total. The lowest BCUT2D eigenvalue weighted by Gasteiger charge is -2.27. The van der Waals surface area contributed by atoms with Crippen molar-refractivity contribution in [1.82, 2.24) is 19.4 Å². The second-order valence-electron chi connectivity index (χ2n) is 10.3. The molecule has 1 aliphatic heterocycles. The van der Waals surface area contributed by atoms with E-state index in [-0.39, 0.29) is 24.3 Å². The third-order valence-electron chi connectivity index (χ3n) is 6.30. The van der Waals surface area contributed by atoms with Crippen molar-refractivity contribution < 1.29 is 9.59 Å². The van der Waals surface area contributed by atoms with Gasteiger partial charge in [0, 0.05) is 38.5 Å². The number of amides is 2. The molecule has 2 heterocycles. The fraction of sp³-hybridized carbons (Fsp3) is 0.464. The average molecular weight is 461 g/mol. The highest BCUT2D eigenvalue weighted by atomic mass is 16.2. The van der Waals surface area contributed by atoms with Crippen LogP contribution in [0.25, 0.3) is 11.0 Å². The molecule has 1 fully saturated rings. The first-order valence-electron chi connectivity index (χ1n) is 12.4. The van der Waals surface area contributed by atoms with Crippen LogP contribution >= 0.6 is 0 Å². The number of para-hydroxylation sites is 2. The van der Waals surface area contributed by atoms with E-state index in [0.29, 0.717) is 31.3 Å². The molecule has 0 radical (unpaired) electrons. The molecule has 4 rings (SSSR count). The molecular weight excluding hydrogens is 424 g/mol. The smallest absolute Gasteiger partial charge is 0.242 e. The Kier molecular flexibility index (Phi) is 7.35. The van der Waals surface area contributed by atoms with Gasteiger partial charge in [0.25, 0.3) is 0 Å². The van der Waals surface area contributed by atoms with Gasteiger partial charge < -0.3 is 14.4 Å². The Balaban J connectivity index is 1.60. The van der Waals surface area contributed by atoms with E-state index < -0.39 is 0 Å². The first-order chi connectivity index (χ1) is 16.3. The fourth-order valence-corrected chi connectivity index (χ4v) is 4.87. The Morgan fingerprint density at radius 2 is 1.65 bits per heavy atom. The van der Waals surface area contributed by atoms with Gasteiger partial charge in [-0.05, 0) is 29.5 Å². The fourth-order valence-electron chi connectivity index (χ4n) is 4.87. The highest BCUT2D eigenvalue weighted by Crippen LogP contribution is 2.31. The summed E-state index contributed by atoms with van der Waals surface area (Å²) in [5, 5.41) is 0. The van der Waals surface area contributed by atoms with Crippen LogP contribution in [0, 0.1) is 11.8 Å². The summed E-state index contributed by atoms with van der Waals surface area (Å²) in [5.41, 5.74) is 2.95. The molecule has 3 aromatic rings. The molecule has 180 valence electrons. The molecule has 34 heavy (non-hydrogen) atoms. The maximum atomic E-state index is 13.5. The van der Waals surface area contributed by atoms with Crippen molar-refractivity contribution in [3.63, 3.8) is 0 Å². The molecule has 2 amide bonds. The number of carbonyl (C=O) groups is 2. The molecule has 6 heteroatoms. The summed E-state index contributed by atoms with van der Waals surface area (Å²) >= 11 is 0. The molecule has 2 aromatic carbocycles. The van der Waals surface area contributed by atoms with Crippen molar-refractivity contribution in [2.24, 2.45) is 11.8 Å². The van der Waals surface area contributed by atoms with Crippen LogP contribution in [0.1, 0.15) is 51.4 Å². The first kappa shape index (κ1) is 24.0. The van der Waals surface area contributed by atoms with E-state index in [9.17, 15) is 9.59 Å². The van der Waals surface area contributed by atoms with E-state index in [1.165, 1.54) is 0 Å². The van der Waals surface area contributed by atoms with Crippen LogP contribution in [0.3, 0.4) is 0 Å². The average Bonchev–Trinajstić information content (AvgIpc) is 3.34. The van der Waals surface area contributed by atoms with Gasteiger partial charge in [-0.25, -0.2) is 4.98 Å². The van der Waals surface area contributed by atoms with Crippen molar-refractivity contribution in [1.29, 1.82) is 0 Å². The van der Waals surface area contributed by atoms with Crippen LogP contribution in [-0.2, 0) is 22.7 Å². The number of rotatable bonds is 9. The zero-order chi connectivity index (χ0) is 24.2. The van der Waals surface area contributed by atoms with Gasteiger partial charge in [-0.2, -0.15) is 0 Å². The van der Waals surface area contributed by atoms with E-state index in [4.69, 9.17) is 4.98 Å². The van der Waals surface area contributed by atoms with Gasteiger partial charge in [-0.3, -0.25) is 9.59 Å². The second kappa shape index (κ2) is 10.4. The van der Waals surface area contributed by atoms with Crippen LogP contribution in [0.5, 0.6) is 0 Å². The number of aromatic nitrogens is 2. The lowest BCUT2D eigenvalue weighted by Crippen LogP contribution is -2.39. The zero-order valence-corrected chi connectivity index (χ0v) is 20.8. The third kappa shape index (κ3) is 5.49. The molecule has 6 nitrogen and oxygen atoms in total. The van der Waals surface area contributed by atoms with Crippen molar-refractivity contribution in [3.8, 4) is 0 Å². The standard InChI is InChI=1S/C28H36N4O2/c1-20(2)15-30(16-21(3)4)27(34)19-32-25-13-9-8-12-24(25)29-28(32)23-14-26(33)31(18-23)17-22-10-6-5-7-11-22/h5-13,20-21,23H,14-19H2,1-4H3/t23-/m1/s1. The summed E-state index contributed by atoms with van der Waals surface area (Å²) in [7, 11) is 0. The molecule has 0 spiro atoms. The van der Waals surface area contributed by atoms with Crippen LogP contribution in [0.15, 0.2) is 54.6 Å². The van der Waals surface area contributed by atoms with Gasteiger partial charge in [0.1, 0.15) is 12.4 Å². The predicted molar refractivity (Wildman–Crippen MR) is 135 cm³/mol. The molecule has 0 saturated carbocycles. The quantitative estimate of drug-likeness (QED) is 0.465.